The minimum Gasteiger partial charge on any atom is -0.469 e. The molecule has 0 aromatic heterocycles. The van der Waals surface area contributed by atoms with Crippen LogP contribution in [-0.4, -0.2) is 13.1 Å². The van der Waals surface area contributed by atoms with Gasteiger partial charge < -0.3 is 4.74 Å². The molecule has 2 nitrogen and oxygen atoms in total. The first kappa shape index (κ1) is 34.5. The Morgan fingerprint density at radius 2 is 0.857 bits per heavy atom. The first-order valence-electron chi connectivity index (χ1n) is 16.1. The number of esters is 1. The second-order valence-corrected chi connectivity index (χ2v) is 12.0. The summed E-state index contributed by atoms with van der Waals surface area (Å²) in [6.45, 7) is 8.96. The molecular formula is C33H66O2. The van der Waals surface area contributed by atoms with E-state index in [0.717, 1.165) is 12.3 Å². The summed E-state index contributed by atoms with van der Waals surface area (Å²) in [5.41, 5.74) is 0. The van der Waals surface area contributed by atoms with Crippen molar-refractivity contribution < 1.29 is 9.53 Å². The van der Waals surface area contributed by atoms with E-state index in [1.165, 1.54) is 155 Å². The van der Waals surface area contributed by atoms with Gasteiger partial charge in [-0.3, -0.25) is 4.79 Å². The second kappa shape index (κ2) is 26.5. The van der Waals surface area contributed by atoms with Crippen LogP contribution >= 0.6 is 0 Å². The predicted molar refractivity (Wildman–Crippen MR) is 156 cm³/mol. The molecule has 0 aromatic rings. The Morgan fingerprint density at radius 1 is 0.514 bits per heavy atom. The van der Waals surface area contributed by atoms with Crippen LogP contribution in [0, 0.1) is 17.8 Å². The Hall–Kier alpha value is -0.530. The lowest BCUT2D eigenvalue weighted by Crippen LogP contribution is -2.16. The summed E-state index contributed by atoms with van der Waals surface area (Å²) in [5.74, 6) is 1.35. The summed E-state index contributed by atoms with van der Waals surface area (Å²) in [6, 6.07) is 0. The summed E-state index contributed by atoms with van der Waals surface area (Å²) >= 11 is 0. The van der Waals surface area contributed by atoms with Crippen LogP contribution < -0.4 is 0 Å². The van der Waals surface area contributed by atoms with Crippen LogP contribution in [0.15, 0.2) is 0 Å². The fourth-order valence-corrected chi connectivity index (χ4v) is 5.73. The standard InChI is InChI=1S/C33H66O2/c1-6-7-8-9-10-11-12-13-14-15-16-17-18-19-20-21-22-23-24-25-26-27-30(2)28-31(3)29-32(4)33(34)35-5/h30-32H,6-29H2,1-5H3. The summed E-state index contributed by atoms with van der Waals surface area (Å²) in [4.78, 5) is 11.6. The summed E-state index contributed by atoms with van der Waals surface area (Å²) < 4.78 is 4.86. The molecule has 2 heteroatoms. The molecule has 0 fully saturated rings. The van der Waals surface area contributed by atoms with E-state index in [2.05, 4.69) is 20.8 Å². The lowest BCUT2D eigenvalue weighted by Gasteiger charge is -2.19. The van der Waals surface area contributed by atoms with Gasteiger partial charge in [-0.25, -0.2) is 0 Å². The number of rotatable bonds is 27. The Morgan fingerprint density at radius 3 is 1.20 bits per heavy atom. The number of ether oxygens (including phenoxy) is 1. The van der Waals surface area contributed by atoms with Crippen molar-refractivity contribution in [3.63, 3.8) is 0 Å². The number of carbonyl (C=O) groups excluding carboxylic acids is 1. The highest BCUT2D eigenvalue weighted by atomic mass is 16.5. The monoisotopic (exact) mass is 495 g/mol. The molecule has 0 aliphatic carbocycles. The van der Waals surface area contributed by atoms with Crippen molar-refractivity contribution >= 4 is 5.97 Å². The zero-order valence-corrected chi connectivity index (χ0v) is 25.0. The van der Waals surface area contributed by atoms with Crippen LogP contribution in [0.25, 0.3) is 0 Å². The molecule has 3 unspecified atom stereocenters. The minimum absolute atomic E-state index is 0.0340. The molecule has 0 saturated carbocycles. The topological polar surface area (TPSA) is 26.3 Å². The Labute approximate surface area is 222 Å². The first-order chi connectivity index (χ1) is 17.0. The third-order valence-corrected chi connectivity index (χ3v) is 7.96. The highest BCUT2D eigenvalue weighted by molar-refractivity contribution is 5.71. The molecule has 0 amide bonds. The molecule has 0 aliphatic heterocycles. The summed E-state index contributed by atoms with van der Waals surface area (Å²) in [5, 5.41) is 0. The van der Waals surface area contributed by atoms with Gasteiger partial charge in [-0.2, -0.15) is 0 Å². The Bertz CT molecular complexity index is 433. The fourth-order valence-electron chi connectivity index (χ4n) is 5.73. The van der Waals surface area contributed by atoms with E-state index in [1.807, 2.05) is 6.92 Å². The van der Waals surface area contributed by atoms with Crippen molar-refractivity contribution in [2.24, 2.45) is 17.8 Å². The van der Waals surface area contributed by atoms with Gasteiger partial charge >= 0.3 is 5.97 Å². The van der Waals surface area contributed by atoms with Gasteiger partial charge in [0.2, 0.25) is 0 Å². The maximum atomic E-state index is 11.6. The van der Waals surface area contributed by atoms with Crippen LogP contribution in [0.1, 0.15) is 182 Å². The molecule has 35 heavy (non-hydrogen) atoms. The molecule has 0 aliphatic rings. The highest BCUT2D eigenvalue weighted by Crippen LogP contribution is 2.24. The van der Waals surface area contributed by atoms with E-state index in [1.54, 1.807) is 0 Å². The number of methoxy groups -OCH3 is 1. The highest BCUT2D eigenvalue weighted by Gasteiger charge is 2.18. The van der Waals surface area contributed by atoms with Crippen molar-refractivity contribution in [2.45, 2.75) is 182 Å². The van der Waals surface area contributed by atoms with Gasteiger partial charge in [0.1, 0.15) is 0 Å². The van der Waals surface area contributed by atoms with Crippen LogP contribution in [-0.2, 0) is 9.53 Å². The first-order valence-corrected chi connectivity index (χ1v) is 16.1. The van der Waals surface area contributed by atoms with E-state index in [9.17, 15) is 4.79 Å². The maximum absolute atomic E-state index is 11.6. The fraction of sp³-hybridized carbons (Fsp3) is 0.970. The molecule has 0 radical (unpaired) electrons. The van der Waals surface area contributed by atoms with Gasteiger partial charge in [-0.1, -0.05) is 169 Å². The van der Waals surface area contributed by atoms with Gasteiger partial charge in [0.05, 0.1) is 13.0 Å². The lowest BCUT2D eigenvalue weighted by atomic mass is 9.87. The van der Waals surface area contributed by atoms with Gasteiger partial charge in [0.25, 0.3) is 0 Å². The largest absolute Gasteiger partial charge is 0.469 e. The van der Waals surface area contributed by atoms with Crippen LogP contribution in [0.2, 0.25) is 0 Å². The van der Waals surface area contributed by atoms with Crippen LogP contribution in [0.5, 0.6) is 0 Å². The molecule has 0 saturated heterocycles. The number of hydrogen-bond acceptors (Lipinski definition) is 2. The van der Waals surface area contributed by atoms with Crippen molar-refractivity contribution in [1.29, 1.82) is 0 Å². The van der Waals surface area contributed by atoms with E-state index in [0.29, 0.717) is 5.92 Å². The van der Waals surface area contributed by atoms with E-state index >= 15 is 0 Å². The molecule has 0 N–H and O–H groups in total. The van der Waals surface area contributed by atoms with Gasteiger partial charge in [0, 0.05) is 0 Å². The van der Waals surface area contributed by atoms with Crippen molar-refractivity contribution in [3.05, 3.63) is 0 Å². The number of hydrogen-bond donors (Lipinski definition) is 0. The number of carbonyl (C=O) groups is 1. The Kier molecular flexibility index (Phi) is 26.1. The predicted octanol–water partition coefficient (Wildman–Crippen LogP) is 11.4. The molecule has 0 rings (SSSR count). The molecule has 0 bridgehead atoms. The third kappa shape index (κ3) is 24.9. The SMILES string of the molecule is CCCCCCCCCCCCCCCCCCCCCCCC(C)CC(C)CC(C)C(=O)OC. The number of unbranched alkanes of at least 4 members (excludes halogenated alkanes) is 20. The van der Waals surface area contributed by atoms with Crippen molar-refractivity contribution in [1.82, 2.24) is 0 Å². The molecule has 0 heterocycles. The quantitative estimate of drug-likeness (QED) is 0.0838. The average Bonchev–Trinajstić information content (AvgIpc) is 2.84. The minimum atomic E-state index is -0.0613. The Balaban J connectivity index is 3.27. The lowest BCUT2D eigenvalue weighted by molar-refractivity contribution is -0.145. The van der Waals surface area contributed by atoms with Gasteiger partial charge in [0.15, 0.2) is 0 Å². The van der Waals surface area contributed by atoms with Crippen LogP contribution in [0.3, 0.4) is 0 Å². The molecule has 210 valence electrons. The summed E-state index contributed by atoms with van der Waals surface area (Å²) in [7, 11) is 1.49. The van der Waals surface area contributed by atoms with Gasteiger partial charge in [-0.05, 0) is 24.7 Å². The smallest absolute Gasteiger partial charge is 0.308 e. The van der Waals surface area contributed by atoms with Crippen LogP contribution in [0.4, 0.5) is 0 Å². The molecule has 0 spiro atoms. The van der Waals surface area contributed by atoms with Crippen molar-refractivity contribution in [3.8, 4) is 0 Å². The third-order valence-electron chi connectivity index (χ3n) is 7.96. The van der Waals surface area contributed by atoms with E-state index in [4.69, 9.17) is 4.74 Å². The zero-order valence-electron chi connectivity index (χ0n) is 25.0. The van der Waals surface area contributed by atoms with E-state index in [-0.39, 0.29) is 11.9 Å². The summed E-state index contributed by atoms with van der Waals surface area (Å²) in [6.07, 6.45) is 33.9. The molecule has 3 atom stereocenters. The maximum Gasteiger partial charge on any atom is 0.308 e. The van der Waals surface area contributed by atoms with Gasteiger partial charge in [-0.15, -0.1) is 0 Å². The van der Waals surface area contributed by atoms with E-state index < -0.39 is 0 Å². The zero-order chi connectivity index (χ0) is 26.0. The average molecular weight is 495 g/mol. The molecular weight excluding hydrogens is 428 g/mol. The molecule has 0 aromatic carbocycles. The normalized spacial score (nSPS) is 14.1. The second-order valence-electron chi connectivity index (χ2n) is 12.0. The van der Waals surface area contributed by atoms with Crippen molar-refractivity contribution in [2.75, 3.05) is 7.11 Å².